The number of nitro groups is 1. The van der Waals surface area contributed by atoms with Gasteiger partial charge < -0.3 is 29.3 Å². The van der Waals surface area contributed by atoms with Crippen molar-refractivity contribution in [3.63, 3.8) is 0 Å². The standard InChI is InChI=1S/C56H58N4O10S/c1-3-33-67-56-52(59(2)71(65,66)51-19-11-16-41-17-12-30-57-55(41)51)36-49(58-68-37-38-20-24-43(25-21-38)60(63)64)47-34-42(15-7-9-31-61)46(18-8-10-32-62)53(54(47)56)48-35-45(28-29-50(48)70-56)69-44-26-22-40(23-27-44)39-13-5-4-6-14-39/h3-6,11-14,16-17,19-30,34-35,42,46,52-54,61-62H,1,7-10,15,18,31-33,36-37H2,2H3/t42-,46+,52-,53+,54+,56+/m0/s1. The number of allylic oxidation sites excluding steroid dienone is 1. The van der Waals surface area contributed by atoms with Crippen molar-refractivity contribution < 1.29 is 42.6 Å². The highest BCUT2D eigenvalue weighted by molar-refractivity contribution is 7.89. The third-order valence-corrected chi connectivity index (χ3v) is 16.0. The number of ether oxygens (including phenoxy) is 3. The van der Waals surface area contributed by atoms with Gasteiger partial charge in [0.2, 0.25) is 15.8 Å². The van der Waals surface area contributed by atoms with Crippen molar-refractivity contribution in [2.24, 2.45) is 22.9 Å². The van der Waals surface area contributed by atoms with E-state index in [-0.39, 0.29) is 61.2 Å². The van der Waals surface area contributed by atoms with E-state index >= 15 is 8.42 Å². The summed E-state index contributed by atoms with van der Waals surface area (Å²) in [6.45, 7) is 4.09. The fourth-order valence-electron chi connectivity index (χ4n) is 10.8. The van der Waals surface area contributed by atoms with E-state index in [1.165, 1.54) is 23.5 Å². The molecule has 6 atom stereocenters. The average Bonchev–Trinajstić information content (AvgIpc) is 3.39. The number of nitrogens with zero attached hydrogens (tertiary/aromatic N) is 4. The lowest BCUT2D eigenvalue weighted by Gasteiger charge is -2.59. The number of rotatable bonds is 21. The molecule has 15 heteroatoms. The predicted octanol–water partition coefficient (Wildman–Crippen LogP) is 10.8. The molecule has 2 aliphatic carbocycles. The molecule has 0 radical (unpaired) electrons. The van der Waals surface area contributed by atoms with Crippen LogP contribution >= 0.6 is 0 Å². The molecule has 1 aliphatic heterocycles. The maximum absolute atomic E-state index is 15.3. The third kappa shape index (κ3) is 10.1. The van der Waals surface area contributed by atoms with Crippen LogP contribution in [0, 0.1) is 27.9 Å². The van der Waals surface area contributed by atoms with Crippen LogP contribution in [0.2, 0.25) is 0 Å². The summed E-state index contributed by atoms with van der Waals surface area (Å²) < 4.78 is 53.0. The van der Waals surface area contributed by atoms with E-state index in [1.807, 2.05) is 72.8 Å². The summed E-state index contributed by atoms with van der Waals surface area (Å²) in [6, 6.07) is 37.4. The molecule has 0 saturated heterocycles. The minimum atomic E-state index is -4.35. The molecule has 1 saturated carbocycles. The van der Waals surface area contributed by atoms with Gasteiger partial charge in [-0.25, -0.2) is 8.42 Å². The van der Waals surface area contributed by atoms with E-state index in [1.54, 1.807) is 42.6 Å². The lowest BCUT2D eigenvalue weighted by Crippen LogP contribution is -2.69. The Balaban J connectivity index is 1.21. The zero-order chi connectivity index (χ0) is 49.5. The molecule has 0 unspecified atom stereocenters. The van der Waals surface area contributed by atoms with Crippen molar-refractivity contribution in [2.75, 3.05) is 26.9 Å². The van der Waals surface area contributed by atoms with Gasteiger partial charge in [0.25, 0.3) is 5.69 Å². The number of oxime groups is 1. The first-order valence-corrected chi connectivity index (χ1v) is 25.6. The van der Waals surface area contributed by atoms with Crippen LogP contribution in [0.4, 0.5) is 5.69 Å². The number of hydrogen-bond acceptors (Lipinski definition) is 12. The highest BCUT2D eigenvalue weighted by Gasteiger charge is 2.66. The molecule has 3 aliphatic rings. The molecule has 0 amide bonds. The number of non-ortho nitro benzene ring substituents is 1. The normalized spacial score (nSPS) is 22.0. The second-order valence-electron chi connectivity index (χ2n) is 18.3. The van der Waals surface area contributed by atoms with Crippen LogP contribution in [0.1, 0.15) is 62.0 Å². The molecule has 2 heterocycles. The Hall–Kier alpha value is -6.75. The average molecular weight is 979 g/mol. The smallest absolute Gasteiger partial charge is 0.269 e. The van der Waals surface area contributed by atoms with Crippen molar-refractivity contribution in [3.05, 3.63) is 179 Å². The van der Waals surface area contributed by atoms with Crippen LogP contribution < -0.4 is 9.47 Å². The molecule has 0 bridgehead atoms. The maximum Gasteiger partial charge on any atom is 0.269 e. The second kappa shape index (κ2) is 21.7. The van der Waals surface area contributed by atoms with E-state index in [9.17, 15) is 20.3 Å². The zero-order valence-corrected chi connectivity index (χ0v) is 40.4. The number of fused-ring (bicyclic) bond motifs is 3. The Morgan fingerprint density at radius 1 is 0.887 bits per heavy atom. The van der Waals surface area contributed by atoms with Gasteiger partial charge in [0.15, 0.2) is 0 Å². The number of para-hydroxylation sites is 1. The van der Waals surface area contributed by atoms with Crippen LogP contribution in [0.25, 0.3) is 22.0 Å². The first kappa shape index (κ1) is 49.2. The minimum absolute atomic E-state index is 0.00836. The zero-order valence-electron chi connectivity index (χ0n) is 39.6. The largest absolute Gasteiger partial charge is 0.460 e. The number of aromatic nitrogens is 1. The Bertz CT molecular complexity index is 3020. The summed E-state index contributed by atoms with van der Waals surface area (Å²) >= 11 is 0. The first-order chi connectivity index (χ1) is 34.6. The Labute approximate surface area is 414 Å². The fraction of sp³-hybridized carbons (Fsp3) is 0.321. The van der Waals surface area contributed by atoms with Crippen LogP contribution in [-0.4, -0.2) is 77.3 Å². The summed E-state index contributed by atoms with van der Waals surface area (Å²) in [5, 5.41) is 37.0. The van der Waals surface area contributed by atoms with Crippen LogP contribution in [0.15, 0.2) is 168 Å². The van der Waals surface area contributed by atoms with Crippen molar-refractivity contribution >= 4 is 32.3 Å². The molecule has 2 N–H and O–H groups in total. The summed E-state index contributed by atoms with van der Waals surface area (Å²) in [5.74, 6) is -1.09. The number of pyridine rings is 1. The van der Waals surface area contributed by atoms with Gasteiger partial charge in [-0.1, -0.05) is 90.8 Å². The third-order valence-electron chi connectivity index (χ3n) is 14.1. The van der Waals surface area contributed by atoms with Gasteiger partial charge in [-0.2, -0.15) is 4.31 Å². The first-order valence-electron chi connectivity index (χ1n) is 24.1. The molecule has 1 aromatic heterocycles. The molecular formula is C56H58N4O10S. The van der Waals surface area contributed by atoms with Gasteiger partial charge >= 0.3 is 0 Å². The Morgan fingerprint density at radius 3 is 2.34 bits per heavy atom. The molecule has 1 fully saturated rings. The van der Waals surface area contributed by atoms with Gasteiger partial charge in [-0.3, -0.25) is 15.1 Å². The number of nitro benzene ring substituents is 1. The number of aliphatic hydroxyl groups excluding tert-OH is 2. The fourth-order valence-corrected chi connectivity index (χ4v) is 12.3. The second-order valence-corrected chi connectivity index (χ2v) is 20.3. The monoisotopic (exact) mass is 978 g/mol. The SMILES string of the molecule is C=CCO[C@@]12Oc3ccc(Oc4ccc(-c5ccccc5)cc4)cc3[C@H]3[C@H](CCCCO)[C@@H](CCCCO)C=C(C(=NOCc4ccc([N+](=O)[O-])cc4)C[C@@H]1N(C)S(=O)(=O)c1cccc4cccnc14)[C@H]32. The van der Waals surface area contributed by atoms with Gasteiger partial charge in [0, 0.05) is 61.9 Å². The van der Waals surface area contributed by atoms with E-state index in [0.29, 0.717) is 58.7 Å². The number of hydrogen-bond donors (Lipinski definition) is 2. The molecule has 71 heavy (non-hydrogen) atoms. The number of unbranched alkanes of at least 4 members (excludes halogenated alkanes) is 2. The van der Waals surface area contributed by atoms with Crippen LogP contribution in [-0.2, 0) is 26.2 Å². The van der Waals surface area contributed by atoms with E-state index < -0.39 is 32.7 Å². The van der Waals surface area contributed by atoms with E-state index in [0.717, 1.165) is 41.5 Å². The van der Waals surface area contributed by atoms with Crippen molar-refractivity contribution in [3.8, 4) is 28.4 Å². The lowest BCUT2D eigenvalue weighted by molar-refractivity contribution is -0.384. The van der Waals surface area contributed by atoms with Crippen molar-refractivity contribution in [2.45, 2.75) is 74.2 Å². The molecule has 368 valence electrons. The Kier molecular flexibility index (Phi) is 15.1. The van der Waals surface area contributed by atoms with Crippen LogP contribution in [0.5, 0.6) is 17.2 Å². The number of aliphatic hydroxyl groups is 2. The van der Waals surface area contributed by atoms with Gasteiger partial charge in [-0.05, 0) is 114 Å². The Morgan fingerprint density at radius 2 is 1.61 bits per heavy atom. The molecule has 0 spiro atoms. The topological polar surface area (TPSA) is 183 Å². The number of benzene rings is 5. The summed E-state index contributed by atoms with van der Waals surface area (Å²) in [5.41, 5.74) is 5.21. The van der Waals surface area contributed by atoms with Gasteiger partial charge in [0.05, 0.1) is 34.7 Å². The van der Waals surface area contributed by atoms with Gasteiger partial charge in [0.1, 0.15) is 28.8 Å². The quantitative estimate of drug-likeness (QED) is 0.0303. The minimum Gasteiger partial charge on any atom is -0.460 e. The van der Waals surface area contributed by atoms with E-state index in [2.05, 4.69) is 29.8 Å². The highest BCUT2D eigenvalue weighted by Crippen LogP contribution is 2.62. The summed E-state index contributed by atoms with van der Waals surface area (Å²) in [4.78, 5) is 21.7. The molecular weight excluding hydrogens is 921 g/mol. The molecule has 9 rings (SSSR count). The lowest BCUT2D eigenvalue weighted by atomic mass is 9.55. The van der Waals surface area contributed by atoms with Crippen molar-refractivity contribution in [1.82, 2.24) is 9.29 Å². The molecule has 14 nitrogen and oxygen atoms in total. The molecule has 6 aromatic rings. The summed E-state index contributed by atoms with van der Waals surface area (Å²) in [6.07, 6.45) is 9.54. The summed E-state index contributed by atoms with van der Waals surface area (Å²) in [7, 11) is -2.81. The van der Waals surface area contributed by atoms with Crippen molar-refractivity contribution in [1.29, 1.82) is 0 Å². The maximum atomic E-state index is 15.3. The molecule has 5 aromatic carbocycles. The number of sulfonamides is 1. The highest BCUT2D eigenvalue weighted by atomic mass is 32.2. The van der Waals surface area contributed by atoms with E-state index in [4.69, 9.17) is 24.2 Å². The van der Waals surface area contributed by atoms with Crippen LogP contribution in [0.3, 0.4) is 0 Å². The number of likely N-dealkylation sites (N-methyl/N-ethyl adjacent to an activating group) is 1. The van der Waals surface area contributed by atoms with Gasteiger partial charge in [-0.15, -0.1) is 6.58 Å². The predicted molar refractivity (Wildman–Crippen MR) is 271 cm³/mol.